The summed E-state index contributed by atoms with van der Waals surface area (Å²) in [6.07, 6.45) is 5.62. The molecule has 0 aromatic heterocycles. The van der Waals surface area contributed by atoms with Crippen LogP contribution in [0.15, 0.2) is 29.2 Å². The SMILES string of the molecule is O=S1(=O)CCC(NCCC2CCCCO2)c2ccccc21. The Labute approximate surface area is 126 Å². The standard InChI is InChI=1S/C16H23NO3S/c18-21(19)12-9-15(14-6-1-2-7-16(14)21)17-10-8-13-5-3-4-11-20-13/h1-2,6-7,13,15,17H,3-5,8-12H2. The topological polar surface area (TPSA) is 55.4 Å². The second-order valence-corrected chi connectivity index (χ2v) is 8.01. The van der Waals surface area contributed by atoms with Crippen molar-refractivity contribution in [3.05, 3.63) is 29.8 Å². The van der Waals surface area contributed by atoms with Gasteiger partial charge in [0.1, 0.15) is 0 Å². The van der Waals surface area contributed by atoms with Crippen LogP contribution in [0.4, 0.5) is 0 Å². The Morgan fingerprint density at radius 1 is 1.19 bits per heavy atom. The molecule has 1 fully saturated rings. The van der Waals surface area contributed by atoms with E-state index in [1.54, 1.807) is 12.1 Å². The number of sulfone groups is 1. The molecule has 0 amide bonds. The van der Waals surface area contributed by atoms with E-state index in [-0.39, 0.29) is 11.8 Å². The monoisotopic (exact) mass is 309 g/mol. The third kappa shape index (κ3) is 3.47. The molecule has 0 aliphatic carbocycles. The minimum atomic E-state index is -3.09. The van der Waals surface area contributed by atoms with Gasteiger partial charge in [-0.25, -0.2) is 8.42 Å². The number of fused-ring (bicyclic) bond motifs is 1. The van der Waals surface area contributed by atoms with E-state index < -0.39 is 9.84 Å². The molecule has 0 bridgehead atoms. The molecule has 1 aromatic rings. The first-order valence-electron chi connectivity index (χ1n) is 7.83. The van der Waals surface area contributed by atoms with Gasteiger partial charge in [0.15, 0.2) is 9.84 Å². The first-order chi connectivity index (χ1) is 10.2. The van der Waals surface area contributed by atoms with E-state index in [2.05, 4.69) is 5.32 Å². The molecule has 2 unspecified atom stereocenters. The third-order valence-corrected chi connectivity index (χ3v) is 6.25. The van der Waals surface area contributed by atoms with Crippen LogP contribution >= 0.6 is 0 Å². The predicted molar refractivity (Wildman–Crippen MR) is 82.1 cm³/mol. The molecular formula is C16H23NO3S. The molecule has 2 atom stereocenters. The first kappa shape index (κ1) is 15.0. The molecule has 5 heteroatoms. The number of hydrogen-bond acceptors (Lipinski definition) is 4. The lowest BCUT2D eigenvalue weighted by Gasteiger charge is -2.28. The smallest absolute Gasteiger partial charge is 0.178 e. The zero-order valence-corrected chi connectivity index (χ0v) is 13.1. The summed E-state index contributed by atoms with van der Waals surface area (Å²) < 4.78 is 29.9. The van der Waals surface area contributed by atoms with Crippen LogP contribution in [-0.2, 0) is 14.6 Å². The highest BCUT2D eigenvalue weighted by atomic mass is 32.2. The van der Waals surface area contributed by atoms with E-state index in [1.165, 1.54) is 12.8 Å². The maximum atomic E-state index is 12.1. The van der Waals surface area contributed by atoms with Crippen LogP contribution in [0.2, 0.25) is 0 Å². The molecule has 0 spiro atoms. The largest absolute Gasteiger partial charge is 0.378 e. The molecule has 0 saturated carbocycles. The number of hydrogen-bond donors (Lipinski definition) is 1. The molecule has 0 radical (unpaired) electrons. The fourth-order valence-corrected chi connectivity index (χ4v) is 4.88. The number of ether oxygens (including phenoxy) is 1. The zero-order chi connectivity index (χ0) is 14.7. The van der Waals surface area contributed by atoms with Crippen molar-refractivity contribution >= 4 is 9.84 Å². The van der Waals surface area contributed by atoms with Crippen molar-refractivity contribution in [3.63, 3.8) is 0 Å². The van der Waals surface area contributed by atoms with Gasteiger partial charge in [-0.1, -0.05) is 18.2 Å². The number of benzene rings is 1. The van der Waals surface area contributed by atoms with Gasteiger partial charge in [0.2, 0.25) is 0 Å². The van der Waals surface area contributed by atoms with Crippen LogP contribution in [-0.4, -0.2) is 33.4 Å². The molecule has 2 heterocycles. The van der Waals surface area contributed by atoms with Crippen molar-refractivity contribution in [1.82, 2.24) is 5.32 Å². The van der Waals surface area contributed by atoms with Gasteiger partial charge >= 0.3 is 0 Å². The second kappa shape index (κ2) is 6.46. The Balaban J connectivity index is 1.61. The van der Waals surface area contributed by atoms with Crippen LogP contribution in [0.1, 0.15) is 43.7 Å². The summed E-state index contributed by atoms with van der Waals surface area (Å²) in [7, 11) is -3.09. The summed E-state index contributed by atoms with van der Waals surface area (Å²) in [6, 6.07) is 7.52. The molecule has 116 valence electrons. The lowest BCUT2D eigenvalue weighted by atomic mass is 10.0. The van der Waals surface area contributed by atoms with Gasteiger partial charge in [-0.2, -0.15) is 0 Å². The molecular weight excluding hydrogens is 286 g/mol. The summed E-state index contributed by atoms with van der Waals surface area (Å²) in [5.41, 5.74) is 0.924. The Kier molecular flexibility index (Phi) is 4.62. The summed E-state index contributed by atoms with van der Waals surface area (Å²) in [5.74, 6) is 0.238. The summed E-state index contributed by atoms with van der Waals surface area (Å²) in [6.45, 7) is 1.76. The van der Waals surface area contributed by atoms with Gasteiger partial charge in [0, 0.05) is 12.6 Å². The van der Waals surface area contributed by atoms with Crippen LogP contribution in [0.5, 0.6) is 0 Å². The maximum absolute atomic E-state index is 12.1. The average Bonchev–Trinajstić information content (AvgIpc) is 2.51. The molecule has 3 rings (SSSR count). The molecule has 2 aliphatic rings. The maximum Gasteiger partial charge on any atom is 0.178 e. The average molecular weight is 309 g/mol. The fourth-order valence-electron chi connectivity index (χ4n) is 3.26. The quantitative estimate of drug-likeness (QED) is 0.928. The lowest BCUT2D eigenvalue weighted by molar-refractivity contribution is 0.0111. The lowest BCUT2D eigenvalue weighted by Crippen LogP contribution is -2.32. The Morgan fingerprint density at radius 3 is 2.86 bits per heavy atom. The molecule has 1 saturated heterocycles. The van der Waals surface area contributed by atoms with Gasteiger partial charge in [0.25, 0.3) is 0 Å². The predicted octanol–water partition coefficient (Wildman–Crippen LogP) is 2.45. The van der Waals surface area contributed by atoms with E-state index in [0.29, 0.717) is 17.4 Å². The Morgan fingerprint density at radius 2 is 2.05 bits per heavy atom. The number of nitrogens with one attached hydrogen (secondary N) is 1. The minimum absolute atomic E-state index is 0.147. The third-order valence-electron chi connectivity index (χ3n) is 4.44. The van der Waals surface area contributed by atoms with Gasteiger partial charge in [-0.05, 0) is 50.3 Å². The van der Waals surface area contributed by atoms with E-state index in [1.807, 2.05) is 12.1 Å². The highest BCUT2D eigenvalue weighted by molar-refractivity contribution is 7.91. The van der Waals surface area contributed by atoms with Crippen molar-refractivity contribution in [2.24, 2.45) is 0 Å². The van der Waals surface area contributed by atoms with Crippen molar-refractivity contribution in [2.75, 3.05) is 18.9 Å². The molecule has 21 heavy (non-hydrogen) atoms. The molecule has 2 aliphatic heterocycles. The van der Waals surface area contributed by atoms with Crippen molar-refractivity contribution in [3.8, 4) is 0 Å². The van der Waals surface area contributed by atoms with E-state index in [9.17, 15) is 8.42 Å². The van der Waals surface area contributed by atoms with E-state index in [0.717, 1.165) is 31.6 Å². The van der Waals surface area contributed by atoms with E-state index >= 15 is 0 Å². The molecule has 4 nitrogen and oxygen atoms in total. The normalized spacial score (nSPS) is 28.0. The summed E-state index contributed by atoms with van der Waals surface area (Å²) >= 11 is 0. The molecule has 1 N–H and O–H groups in total. The minimum Gasteiger partial charge on any atom is -0.378 e. The van der Waals surface area contributed by atoms with Crippen LogP contribution in [0.25, 0.3) is 0 Å². The van der Waals surface area contributed by atoms with Gasteiger partial charge in [0.05, 0.1) is 16.8 Å². The van der Waals surface area contributed by atoms with Crippen LogP contribution < -0.4 is 5.32 Å². The van der Waals surface area contributed by atoms with Crippen molar-refractivity contribution in [2.45, 2.75) is 49.1 Å². The van der Waals surface area contributed by atoms with Crippen LogP contribution in [0.3, 0.4) is 0 Å². The highest BCUT2D eigenvalue weighted by Gasteiger charge is 2.29. The van der Waals surface area contributed by atoms with Crippen molar-refractivity contribution in [1.29, 1.82) is 0 Å². The van der Waals surface area contributed by atoms with Gasteiger partial charge in [-0.15, -0.1) is 0 Å². The number of rotatable bonds is 4. The van der Waals surface area contributed by atoms with E-state index in [4.69, 9.17) is 4.74 Å². The summed E-state index contributed by atoms with van der Waals surface area (Å²) in [5, 5.41) is 3.52. The van der Waals surface area contributed by atoms with Gasteiger partial charge in [-0.3, -0.25) is 0 Å². The zero-order valence-electron chi connectivity index (χ0n) is 12.3. The summed E-state index contributed by atoms with van der Waals surface area (Å²) in [4.78, 5) is 0.502. The second-order valence-electron chi connectivity index (χ2n) is 5.93. The highest BCUT2D eigenvalue weighted by Crippen LogP contribution is 2.31. The molecule has 1 aromatic carbocycles. The van der Waals surface area contributed by atoms with Gasteiger partial charge < -0.3 is 10.1 Å². The Hall–Kier alpha value is -0.910. The first-order valence-corrected chi connectivity index (χ1v) is 9.49. The Bertz CT molecular complexity index is 579. The fraction of sp³-hybridized carbons (Fsp3) is 0.625. The van der Waals surface area contributed by atoms with Crippen LogP contribution in [0, 0.1) is 0 Å². The van der Waals surface area contributed by atoms with Crippen molar-refractivity contribution < 1.29 is 13.2 Å².